The summed E-state index contributed by atoms with van der Waals surface area (Å²) in [5, 5.41) is 9.31. The molecule has 0 radical (unpaired) electrons. The number of anilines is 1. The van der Waals surface area contributed by atoms with E-state index < -0.39 is 0 Å². The van der Waals surface area contributed by atoms with Gasteiger partial charge in [-0.15, -0.1) is 16.4 Å². The van der Waals surface area contributed by atoms with Crippen molar-refractivity contribution >= 4 is 33.3 Å². The van der Waals surface area contributed by atoms with Crippen molar-refractivity contribution in [3.63, 3.8) is 0 Å². The maximum atomic E-state index is 13.8. The van der Waals surface area contributed by atoms with Crippen molar-refractivity contribution in [2.24, 2.45) is 0 Å². The van der Waals surface area contributed by atoms with Gasteiger partial charge in [-0.3, -0.25) is 10.1 Å². The number of carbonyl (C=O) groups is 1. The molecule has 0 fully saturated rings. The number of hydrogen-bond donors (Lipinski definition) is 2. The third-order valence-corrected chi connectivity index (χ3v) is 4.24. The standard InChI is InChI=1S/C13H11FN4O2S/c1-6-9-7(14)4-3-5-8(9)21-10(6)11(19)15-12-16-13(20-2)18-17-12/h3-5H,1-2H3,(H2,15,16,17,18,19). The van der Waals surface area contributed by atoms with Crippen molar-refractivity contribution in [2.45, 2.75) is 6.92 Å². The normalized spacial score (nSPS) is 10.8. The van der Waals surface area contributed by atoms with Crippen molar-refractivity contribution < 1.29 is 13.9 Å². The predicted molar refractivity (Wildman–Crippen MR) is 77.4 cm³/mol. The van der Waals surface area contributed by atoms with Crippen molar-refractivity contribution in [1.29, 1.82) is 0 Å². The van der Waals surface area contributed by atoms with E-state index in [1.165, 1.54) is 24.5 Å². The fraction of sp³-hybridized carbons (Fsp3) is 0.154. The van der Waals surface area contributed by atoms with Crippen LogP contribution >= 0.6 is 11.3 Å². The topological polar surface area (TPSA) is 79.9 Å². The van der Waals surface area contributed by atoms with Gasteiger partial charge in [-0.1, -0.05) is 6.07 Å². The average molecular weight is 306 g/mol. The zero-order valence-corrected chi connectivity index (χ0v) is 12.0. The third-order valence-electron chi connectivity index (χ3n) is 2.99. The molecule has 0 bridgehead atoms. The number of fused-ring (bicyclic) bond motifs is 1. The smallest absolute Gasteiger partial charge is 0.336 e. The van der Waals surface area contributed by atoms with Gasteiger partial charge in [0, 0.05) is 10.1 Å². The van der Waals surface area contributed by atoms with Crippen molar-refractivity contribution in [3.8, 4) is 6.01 Å². The van der Waals surface area contributed by atoms with E-state index in [1.807, 2.05) is 0 Å². The number of ether oxygens (including phenoxy) is 1. The molecule has 8 heteroatoms. The number of aromatic amines is 1. The Hall–Kier alpha value is -2.48. The van der Waals surface area contributed by atoms with E-state index in [1.54, 1.807) is 19.1 Å². The molecule has 2 heterocycles. The highest BCUT2D eigenvalue weighted by Crippen LogP contribution is 2.32. The van der Waals surface area contributed by atoms with Crippen LogP contribution in [0.3, 0.4) is 0 Å². The second-order valence-electron chi connectivity index (χ2n) is 4.29. The number of H-pyrrole nitrogens is 1. The first-order chi connectivity index (χ1) is 10.1. The van der Waals surface area contributed by atoms with E-state index in [0.29, 0.717) is 15.8 Å². The van der Waals surface area contributed by atoms with Crippen molar-refractivity contribution in [3.05, 3.63) is 34.5 Å². The SMILES string of the molecule is COc1n[nH]c(NC(=O)c2sc3cccc(F)c3c2C)n1. The fourth-order valence-electron chi connectivity index (χ4n) is 2.03. The first-order valence-electron chi connectivity index (χ1n) is 6.05. The highest BCUT2D eigenvalue weighted by atomic mass is 32.1. The Morgan fingerprint density at radius 1 is 1.48 bits per heavy atom. The lowest BCUT2D eigenvalue weighted by molar-refractivity contribution is 0.102. The maximum absolute atomic E-state index is 13.8. The number of aromatic nitrogens is 3. The van der Waals surface area contributed by atoms with E-state index >= 15 is 0 Å². The minimum absolute atomic E-state index is 0.129. The minimum Gasteiger partial charge on any atom is -0.466 e. The molecule has 0 aliphatic heterocycles. The van der Waals surface area contributed by atoms with Gasteiger partial charge in [-0.05, 0) is 24.6 Å². The fourth-order valence-corrected chi connectivity index (χ4v) is 3.15. The van der Waals surface area contributed by atoms with E-state index in [-0.39, 0.29) is 23.7 Å². The molecular weight excluding hydrogens is 295 g/mol. The molecular formula is C13H11FN4O2S. The first-order valence-corrected chi connectivity index (χ1v) is 6.87. The summed E-state index contributed by atoms with van der Waals surface area (Å²) in [5.74, 6) is -0.525. The number of hydrogen-bond acceptors (Lipinski definition) is 5. The summed E-state index contributed by atoms with van der Waals surface area (Å²) in [7, 11) is 1.42. The highest BCUT2D eigenvalue weighted by molar-refractivity contribution is 7.21. The van der Waals surface area contributed by atoms with Crippen molar-refractivity contribution in [2.75, 3.05) is 12.4 Å². The van der Waals surface area contributed by atoms with Crippen molar-refractivity contribution in [1.82, 2.24) is 15.2 Å². The number of amides is 1. The summed E-state index contributed by atoms with van der Waals surface area (Å²) in [6.45, 7) is 1.72. The lowest BCUT2D eigenvalue weighted by atomic mass is 10.1. The monoisotopic (exact) mass is 306 g/mol. The molecule has 1 aromatic carbocycles. The van der Waals surface area contributed by atoms with Gasteiger partial charge in [0.05, 0.1) is 12.0 Å². The Kier molecular flexibility index (Phi) is 3.30. The second-order valence-corrected chi connectivity index (χ2v) is 5.35. The number of nitrogens with zero attached hydrogens (tertiary/aromatic N) is 2. The number of thiophene rings is 1. The molecule has 3 aromatic rings. The number of aryl methyl sites for hydroxylation is 1. The molecule has 0 unspecified atom stereocenters. The van der Waals surface area contributed by atoms with Gasteiger partial charge < -0.3 is 4.74 Å². The predicted octanol–water partition coefficient (Wildman–Crippen LogP) is 2.73. The van der Waals surface area contributed by atoms with Gasteiger partial charge in [-0.2, -0.15) is 4.98 Å². The number of halogens is 1. The average Bonchev–Trinajstić information content (AvgIpc) is 3.04. The molecule has 3 rings (SSSR count). The highest BCUT2D eigenvalue weighted by Gasteiger charge is 2.18. The van der Waals surface area contributed by atoms with Crippen LogP contribution in [-0.4, -0.2) is 28.2 Å². The van der Waals surface area contributed by atoms with E-state index in [4.69, 9.17) is 4.74 Å². The molecule has 108 valence electrons. The number of benzene rings is 1. The molecule has 0 spiro atoms. The molecule has 1 amide bonds. The van der Waals surface area contributed by atoms with Gasteiger partial charge in [0.2, 0.25) is 5.95 Å². The number of methoxy groups -OCH3 is 1. The van der Waals surface area contributed by atoms with Gasteiger partial charge in [0.15, 0.2) is 0 Å². The van der Waals surface area contributed by atoms with Gasteiger partial charge >= 0.3 is 6.01 Å². The first kappa shape index (κ1) is 13.5. The van der Waals surface area contributed by atoms with Crippen LogP contribution in [0, 0.1) is 12.7 Å². The molecule has 0 aliphatic rings. The lowest BCUT2D eigenvalue weighted by Crippen LogP contribution is -2.12. The van der Waals surface area contributed by atoms with Crippen LogP contribution in [0.15, 0.2) is 18.2 Å². The summed E-state index contributed by atoms with van der Waals surface area (Å²) >= 11 is 1.23. The maximum Gasteiger partial charge on any atom is 0.336 e. The van der Waals surface area contributed by atoms with Crippen LogP contribution in [0.2, 0.25) is 0 Å². The summed E-state index contributed by atoms with van der Waals surface area (Å²) in [6.07, 6.45) is 0. The van der Waals surface area contributed by atoms with Crippen LogP contribution < -0.4 is 10.1 Å². The Bertz CT molecular complexity index is 827. The molecule has 2 N–H and O–H groups in total. The summed E-state index contributed by atoms with van der Waals surface area (Å²) in [4.78, 5) is 16.6. The van der Waals surface area contributed by atoms with Gasteiger partial charge in [0.25, 0.3) is 5.91 Å². The van der Waals surface area contributed by atoms with E-state index in [9.17, 15) is 9.18 Å². The molecule has 0 saturated carbocycles. The van der Waals surface area contributed by atoms with E-state index in [2.05, 4.69) is 20.5 Å². The Morgan fingerprint density at radius 3 is 2.95 bits per heavy atom. The molecule has 6 nitrogen and oxygen atoms in total. The number of nitrogens with one attached hydrogen (secondary N) is 2. The molecule has 0 saturated heterocycles. The van der Waals surface area contributed by atoms with Crippen LogP contribution in [0.25, 0.3) is 10.1 Å². The van der Waals surface area contributed by atoms with Gasteiger partial charge in [-0.25, -0.2) is 9.49 Å². The summed E-state index contributed by atoms with van der Waals surface area (Å²) < 4.78 is 19.4. The summed E-state index contributed by atoms with van der Waals surface area (Å²) in [5.41, 5.74) is 0.608. The molecule has 2 aromatic heterocycles. The molecule has 0 atom stereocenters. The Balaban J connectivity index is 1.94. The lowest BCUT2D eigenvalue weighted by Gasteiger charge is -1.99. The van der Waals surface area contributed by atoms with E-state index in [0.717, 1.165) is 4.70 Å². The van der Waals surface area contributed by atoms with Crippen LogP contribution in [0.1, 0.15) is 15.2 Å². The zero-order valence-electron chi connectivity index (χ0n) is 11.2. The molecule has 0 aliphatic carbocycles. The largest absolute Gasteiger partial charge is 0.466 e. The molecule has 21 heavy (non-hydrogen) atoms. The minimum atomic E-state index is -0.369. The summed E-state index contributed by atoms with van der Waals surface area (Å²) in [6, 6.07) is 4.91. The quantitative estimate of drug-likeness (QED) is 0.779. The third kappa shape index (κ3) is 2.33. The Labute approximate surface area is 123 Å². The number of carbonyl (C=O) groups excluding carboxylic acids is 1. The number of rotatable bonds is 3. The Morgan fingerprint density at radius 2 is 2.29 bits per heavy atom. The van der Waals surface area contributed by atoms with Crippen LogP contribution in [0.4, 0.5) is 10.3 Å². The zero-order chi connectivity index (χ0) is 15.0. The van der Waals surface area contributed by atoms with Crippen LogP contribution in [0.5, 0.6) is 6.01 Å². The van der Waals surface area contributed by atoms with Gasteiger partial charge in [0.1, 0.15) is 5.82 Å². The van der Waals surface area contributed by atoms with Crippen LogP contribution in [-0.2, 0) is 0 Å². The second kappa shape index (κ2) is 5.13.